The molecule has 8 heteroatoms. The van der Waals surface area contributed by atoms with E-state index in [1.54, 1.807) is 0 Å². The molecule has 5 nitrogen and oxygen atoms in total. The molecule has 1 fully saturated rings. The van der Waals surface area contributed by atoms with Gasteiger partial charge in [0.05, 0.1) is 18.7 Å². The zero-order chi connectivity index (χ0) is 17.3. The highest BCUT2D eigenvalue weighted by Gasteiger charge is 2.39. The predicted octanol–water partition coefficient (Wildman–Crippen LogP) is 2.62. The van der Waals surface area contributed by atoms with Crippen molar-refractivity contribution in [3.63, 3.8) is 0 Å². The van der Waals surface area contributed by atoms with Crippen LogP contribution in [0.3, 0.4) is 0 Å². The zero-order valence-electron chi connectivity index (χ0n) is 13.7. The van der Waals surface area contributed by atoms with Crippen LogP contribution in [0.25, 0.3) is 0 Å². The number of aromatic nitrogens is 2. The summed E-state index contributed by atoms with van der Waals surface area (Å²) in [5.74, 6) is -1.07. The van der Waals surface area contributed by atoms with Crippen LogP contribution in [0.4, 0.5) is 13.2 Å². The van der Waals surface area contributed by atoms with Crippen molar-refractivity contribution in [2.75, 3.05) is 20.2 Å². The van der Waals surface area contributed by atoms with E-state index in [1.807, 2.05) is 0 Å². The van der Waals surface area contributed by atoms with Crippen LogP contribution in [-0.2, 0) is 35.2 Å². The first kappa shape index (κ1) is 17.3. The van der Waals surface area contributed by atoms with Crippen molar-refractivity contribution in [3.05, 3.63) is 17.2 Å². The molecular weight excluding hydrogens is 323 g/mol. The SMILES string of the molecule is COC(=O)C1CCN(Cc2nc(C(F)(F)F)n3c2CCCC3)CC1. The topological polar surface area (TPSA) is 47.4 Å². The van der Waals surface area contributed by atoms with Crippen LogP contribution >= 0.6 is 0 Å². The van der Waals surface area contributed by atoms with Gasteiger partial charge >= 0.3 is 12.1 Å². The normalized spacial score (nSPS) is 20.0. The maximum absolute atomic E-state index is 13.2. The van der Waals surface area contributed by atoms with Crippen molar-refractivity contribution in [2.24, 2.45) is 5.92 Å². The summed E-state index contributed by atoms with van der Waals surface area (Å²) in [6.07, 6.45) is -0.750. The summed E-state index contributed by atoms with van der Waals surface area (Å²) in [6, 6.07) is 0. The highest BCUT2D eigenvalue weighted by molar-refractivity contribution is 5.72. The van der Waals surface area contributed by atoms with Crippen molar-refractivity contribution >= 4 is 5.97 Å². The van der Waals surface area contributed by atoms with Crippen LogP contribution < -0.4 is 0 Å². The summed E-state index contributed by atoms with van der Waals surface area (Å²) in [7, 11) is 1.38. The number of esters is 1. The number of piperidine rings is 1. The van der Waals surface area contributed by atoms with Gasteiger partial charge in [-0.2, -0.15) is 13.2 Å². The Kier molecular flexibility index (Phi) is 4.85. The van der Waals surface area contributed by atoms with Gasteiger partial charge in [-0.1, -0.05) is 0 Å². The lowest BCUT2D eigenvalue weighted by Crippen LogP contribution is -2.36. The predicted molar refractivity (Wildman–Crippen MR) is 80.2 cm³/mol. The maximum atomic E-state index is 13.2. The van der Waals surface area contributed by atoms with Gasteiger partial charge in [0.25, 0.3) is 0 Å². The standard InChI is InChI=1S/C16H22F3N3O2/c1-24-14(23)11-5-8-21(9-6-11)10-12-13-4-2-3-7-22(13)15(20-12)16(17,18)19/h11H,2-10H2,1H3. The van der Waals surface area contributed by atoms with Crippen molar-refractivity contribution in [2.45, 2.75) is 51.4 Å². The maximum Gasteiger partial charge on any atom is 0.449 e. The Morgan fingerprint density at radius 3 is 2.58 bits per heavy atom. The monoisotopic (exact) mass is 345 g/mol. The second-order valence-electron chi connectivity index (χ2n) is 6.51. The first-order valence-electron chi connectivity index (χ1n) is 8.36. The lowest BCUT2D eigenvalue weighted by atomic mass is 9.97. The smallest absolute Gasteiger partial charge is 0.449 e. The molecule has 0 aromatic carbocycles. The molecular formula is C16H22F3N3O2. The molecule has 0 aliphatic carbocycles. The van der Waals surface area contributed by atoms with E-state index in [4.69, 9.17) is 4.74 Å². The molecule has 1 saturated heterocycles. The Bertz CT molecular complexity index is 604. The number of halogens is 3. The minimum Gasteiger partial charge on any atom is -0.469 e. The fourth-order valence-electron chi connectivity index (χ4n) is 3.67. The third-order valence-electron chi connectivity index (χ3n) is 4.95. The minimum absolute atomic E-state index is 0.104. The average molecular weight is 345 g/mol. The molecule has 0 bridgehead atoms. The van der Waals surface area contributed by atoms with Crippen molar-refractivity contribution < 1.29 is 22.7 Å². The molecule has 24 heavy (non-hydrogen) atoms. The number of carbonyl (C=O) groups is 1. The first-order valence-corrected chi connectivity index (χ1v) is 8.36. The van der Waals surface area contributed by atoms with Gasteiger partial charge in [-0.25, -0.2) is 4.98 Å². The highest BCUT2D eigenvalue weighted by atomic mass is 19.4. The molecule has 0 saturated carbocycles. The lowest BCUT2D eigenvalue weighted by Gasteiger charge is -2.30. The second-order valence-corrected chi connectivity index (χ2v) is 6.51. The van der Waals surface area contributed by atoms with E-state index in [9.17, 15) is 18.0 Å². The van der Waals surface area contributed by atoms with Crippen LogP contribution in [0.1, 0.15) is 42.9 Å². The Hall–Kier alpha value is -1.57. The largest absolute Gasteiger partial charge is 0.469 e. The number of nitrogens with zero attached hydrogens (tertiary/aromatic N) is 3. The van der Waals surface area contributed by atoms with Gasteiger partial charge in [0.1, 0.15) is 0 Å². The van der Waals surface area contributed by atoms with Crippen molar-refractivity contribution in [1.82, 2.24) is 14.5 Å². The summed E-state index contributed by atoms with van der Waals surface area (Å²) in [6.45, 7) is 2.15. The van der Waals surface area contributed by atoms with Crippen LogP contribution in [-0.4, -0.2) is 40.6 Å². The lowest BCUT2D eigenvalue weighted by molar-refractivity contribution is -0.148. The quantitative estimate of drug-likeness (QED) is 0.790. The molecule has 0 atom stereocenters. The molecule has 3 heterocycles. The Balaban J connectivity index is 1.72. The molecule has 1 aromatic rings. The third-order valence-corrected chi connectivity index (χ3v) is 4.95. The van der Waals surface area contributed by atoms with Gasteiger partial charge in [0.15, 0.2) is 0 Å². The average Bonchev–Trinajstić information content (AvgIpc) is 2.94. The van der Waals surface area contributed by atoms with Crippen LogP contribution in [0.2, 0.25) is 0 Å². The molecule has 0 N–H and O–H groups in total. The summed E-state index contributed by atoms with van der Waals surface area (Å²) in [4.78, 5) is 17.6. The van der Waals surface area contributed by atoms with Gasteiger partial charge in [-0.05, 0) is 45.2 Å². The number of carbonyl (C=O) groups excluding carboxylic acids is 1. The van der Waals surface area contributed by atoms with E-state index in [-0.39, 0.29) is 11.9 Å². The Labute approximate surface area is 138 Å². The molecule has 0 spiro atoms. The van der Waals surface area contributed by atoms with Crippen molar-refractivity contribution in [1.29, 1.82) is 0 Å². The molecule has 2 aliphatic rings. The summed E-state index contributed by atoms with van der Waals surface area (Å²) < 4.78 is 45.7. The number of likely N-dealkylation sites (tertiary alicyclic amines) is 1. The minimum atomic E-state index is -4.41. The van der Waals surface area contributed by atoms with E-state index in [0.717, 1.165) is 18.5 Å². The summed E-state index contributed by atoms with van der Waals surface area (Å²) >= 11 is 0. The van der Waals surface area contributed by atoms with Gasteiger partial charge < -0.3 is 9.30 Å². The summed E-state index contributed by atoms with van der Waals surface area (Å²) in [5, 5.41) is 0. The molecule has 3 rings (SSSR count). The van der Waals surface area contributed by atoms with Crippen LogP contribution in [0, 0.1) is 5.92 Å². The van der Waals surface area contributed by atoms with Gasteiger partial charge in [-0.15, -0.1) is 0 Å². The number of methoxy groups -OCH3 is 1. The number of alkyl halides is 3. The van der Waals surface area contributed by atoms with Crippen LogP contribution in [0.15, 0.2) is 0 Å². The van der Waals surface area contributed by atoms with Gasteiger partial charge in [-0.3, -0.25) is 9.69 Å². The highest BCUT2D eigenvalue weighted by Crippen LogP contribution is 2.33. The molecule has 0 amide bonds. The number of ether oxygens (including phenoxy) is 1. The molecule has 0 unspecified atom stereocenters. The number of hydrogen-bond donors (Lipinski definition) is 0. The third kappa shape index (κ3) is 3.43. The van der Waals surface area contributed by atoms with E-state index in [2.05, 4.69) is 9.88 Å². The summed E-state index contributed by atoms with van der Waals surface area (Å²) in [5.41, 5.74) is 1.27. The second kappa shape index (κ2) is 6.74. The Morgan fingerprint density at radius 1 is 1.25 bits per heavy atom. The van der Waals surface area contributed by atoms with Gasteiger partial charge in [0.2, 0.25) is 5.82 Å². The molecule has 134 valence electrons. The first-order chi connectivity index (χ1) is 11.4. The number of hydrogen-bond acceptors (Lipinski definition) is 4. The Morgan fingerprint density at radius 2 is 1.96 bits per heavy atom. The van der Waals surface area contributed by atoms with Crippen molar-refractivity contribution in [3.8, 4) is 0 Å². The zero-order valence-corrected chi connectivity index (χ0v) is 13.7. The molecule has 2 aliphatic heterocycles. The number of fused-ring (bicyclic) bond motifs is 1. The van der Waals surface area contributed by atoms with Gasteiger partial charge in [0, 0.05) is 18.8 Å². The fourth-order valence-corrected chi connectivity index (χ4v) is 3.67. The number of rotatable bonds is 3. The number of imidazole rings is 1. The van der Waals surface area contributed by atoms with E-state index in [0.29, 0.717) is 51.1 Å². The van der Waals surface area contributed by atoms with E-state index >= 15 is 0 Å². The van der Waals surface area contributed by atoms with E-state index < -0.39 is 12.0 Å². The van der Waals surface area contributed by atoms with Crippen LogP contribution in [0.5, 0.6) is 0 Å². The molecule has 1 aromatic heterocycles. The molecule has 0 radical (unpaired) electrons. The van der Waals surface area contributed by atoms with E-state index in [1.165, 1.54) is 11.7 Å². The fraction of sp³-hybridized carbons (Fsp3) is 0.750.